The van der Waals surface area contributed by atoms with Crippen LogP contribution in [0.25, 0.3) is 0 Å². The molecule has 108 valence electrons. The highest BCUT2D eigenvalue weighted by atomic mass is 32.1. The van der Waals surface area contributed by atoms with Crippen molar-refractivity contribution in [1.29, 1.82) is 0 Å². The molecule has 1 aromatic carbocycles. The van der Waals surface area contributed by atoms with Crippen LogP contribution in [-0.4, -0.2) is 21.8 Å². The molecule has 0 fully saturated rings. The van der Waals surface area contributed by atoms with E-state index in [-0.39, 0.29) is 0 Å². The summed E-state index contributed by atoms with van der Waals surface area (Å²) in [5.41, 5.74) is 2.14. The molecular weight excluding hydrogens is 272 g/mol. The van der Waals surface area contributed by atoms with Gasteiger partial charge in [-0.05, 0) is 48.5 Å². The van der Waals surface area contributed by atoms with Crippen LogP contribution in [0.3, 0.4) is 0 Å². The number of methoxy groups -OCH3 is 1. The van der Waals surface area contributed by atoms with Gasteiger partial charge < -0.3 is 9.84 Å². The lowest BCUT2D eigenvalue weighted by atomic mass is 10.0. The minimum absolute atomic E-state index is 0.473. The first-order valence-corrected chi connectivity index (χ1v) is 7.64. The molecule has 2 aromatic rings. The molecule has 5 heteroatoms. The number of rotatable bonds is 7. The van der Waals surface area contributed by atoms with Crippen LogP contribution >= 0.6 is 11.5 Å². The number of aliphatic hydroxyl groups excluding tert-OH is 1. The minimum atomic E-state index is -0.473. The van der Waals surface area contributed by atoms with E-state index in [2.05, 4.69) is 16.5 Å². The summed E-state index contributed by atoms with van der Waals surface area (Å²) >= 11 is 1.31. The summed E-state index contributed by atoms with van der Waals surface area (Å²) in [5, 5.41) is 14.4. The fraction of sp³-hybridized carbons (Fsp3) is 0.467. The van der Waals surface area contributed by atoms with Crippen LogP contribution < -0.4 is 4.74 Å². The van der Waals surface area contributed by atoms with E-state index in [0.29, 0.717) is 6.42 Å². The molecule has 0 aliphatic rings. The molecular formula is C15H20N2O2S. The van der Waals surface area contributed by atoms with Gasteiger partial charge in [-0.1, -0.05) is 30.0 Å². The Labute approximate surface area is 123 Å². The lowest BCUT2D eigenvalue weighted by molar-refractivity contribution is 0.170. The molecule has 0 saturated carbocycles. The van der Waals surface area contributed by atoms with E-state index in [1.165, 1.54) is 17.1 Å². The second-order valence-corrected chi connectivity index (χ2v) is 5.52. The Hall–Kier alpha value is -1.46. The van der Waals surface area contributed by atoms with Gasteiger partial charge in [-0.25, -0.2) is 0 Å². The first-order chi connectivity index (χ1) is 9.74. The van der Waals surface area contributed by atoms with E-state index in [1.54, 1.807) is 7.11 Å². The zero-order valence-electron chi connectivity index (χ0n) is 11.9. The highest BCUT2D eigenvalue weighted by Crippen LogP contribution is 2.25. The van der Waals surface area contributed by atoms with E-state index >= 15 is 0 Å². The zero-order chi connectivity index (χ0) is 14.4. The van der Waals surface area contributed by atoms with Gasteiger partial charge in [0.1, 0.15) is 5.75 Å². The van der Waals surface area contributed by atoms with Crippen molar-refractivity contribution in [3.05, 3.63) is 40.4 Å². The molecule has 0 aliphatic heterocycles. The van der Waals surface area contributed by atoms with Gasteiger partial charge in [-0.3, -0.25) is 0 Å². The minimum Gasteiger partial charge on any atom is -0.497 e. The van der Waals surface area contributed by atoms with Gasteiger partial charge in [0.25, 0.3) is 0 Å². The van der Waals surface area contributed by atoms with Crippen LogP contribution in [0.15, 0.2) is 24.3 Å². The number of benzene rings is 1. The predicted molar refractivity (Wildman–Crippen MR) is 80.2 cm³/mol. The molecule has 0 radical (unpaired) electrons. The molecule has 0 amide bonds. The summed E-state index contributed by atoms with van der Waals surface area (Å²) in [4.78, 5) is 0.917. The van der Waals surface area contributed by atoms with Crippen LogP contribution in [0.2, 0.25) is 0 Å². The highest BCUT2D eigenvalue weighted by molar-refractivity contribution is 7.05. The van der Waals surface area contributed by atoms with Crippen molar-refractivity contribution in [3.63, 3.8) is 0 Å². The molecule has 0 aliphatic carbocycles. The quantitative estimate of drug-likeness (QED) is 0.851. The second-order valence-electron chi connectivity index (χ2n) is 4.74. The first-order valence-electron chi connectivity index (χ1n) is 6.86. The van der Waals surface area contributed by atoms with Crippen LogP contribution in [0.4, 0.5) is 0 Å². The number of hydrogen-bond donors (Lipinski definition) is 1. The van der Waals surface area contributed by atoms with Crippen LogP contribution in [0.1, 0.15) is 42.0 Å². The number of hydrogen-bond acceptors (Lipinski definition) is 5. The molecule has 0 saturated heterocycles. The fourth-order valence-corrected chi connectivity index (χ4v) is 2.82. The third-order valence-corrected chi connectivity index (χ3v) is 4.11. The van der Waals surface area contributed by atoms with Gasteiger partial charge in [0.15, 0.2) is 0 Å². The molecule has 0 bridgehead atoms. The molecule has 1 unspecified atom stereocenters. The average Bonchev–Trinajstić information content (AvgIpc) is 2.94. The summed E-state index contributed by atoms with van der Waals surface area (Å²) in [6.07, 6.45) is 2.94. The standard InChI is InChI=1S/C15H20N2O2S/c1-3-4-13-15(20-17-16-13)14(18)10-7-11-5-8-12(19-2)9-6-11/h5-6,8-9,14,18H,3-4,7,10H2,1-2H3. The lowest BCUT2D eigenvalue weighted by Gasteiger charge is -2.10. The summed E-state index contributed by atoms with van der Waals surface area (Å²) in [6, 6.07) is 7.95. The van der Waals surface area contributed by atoms with Gasteiger partial charge >= 0.3 is 0 Å². The van der Waals surface area contributed by atoms with Crippen molar-refractivity contribution in [3.8, 4) is 5.75 Å². The van der Waals surface area contributed by atoms with Crippen molar-refractivity contribution in [2.24, 2.45) is 0 Å². The first kappa shape index (κ1) is 14.9. The van der Waals surface area contributed by atoms with E-state index < -0.39 is 6.10 Å². The Morgan fingerprint density at radius 3 is 2.65 bits per heavy atom. The summed E-state index contributed by atoms with van der Waals surface area (Å²) in [5.74, 6) is 0.853. The Kier molecular flexibility index (Phi) is 5.49. The summed E-state index contributed by atoms with van der Waals surface area (Å²) in [6.45, 7) is 2.10. The number of aryl methyl sites for hydroxylation is 2. The molecule has 1 aromatic heterocycles. The SMILES string of the molecule is CCCc1nnsc1C(O)CCc1ccc(OC)cc1. The average molecular weight is 292 g/mol. The Balaban J connectivity index is 1.93. The highest BCUT2D eigenvalue weighted by Gasteiger charge is 2.16. The monoisotopic (exact) mass is 292 g/mol. The maximum Gasteiger partial charge on any atom is 0.118 e. The fourth-order valence-electron chi connectivity index (χ4n) is 2.11. The van der Waals surface area contributed by atoms with Gasteiger partial charge in [0, 0.05) is 0 Å². The normalized spacial score (nSPS) is 12.3. The van der Waals surface area contributed by atoms with Crippen molar-refractivity contribution in [2.75, 3.05) is 7.11 Å². The number of aromatic nitrogens is 2. The van der Waals surface area contributed by atoms with Crippen LogP contribution in [0, 0.1) is 0 Å². The van der Waals surface area contributed by atoms with E-state index in [0.717, 1.165) is 35.6 Å². The van der Waals surface area contributed by atoms with Crippen molar-refractivity contribution >= 4 is 11.5 Å². The van der Waals surface area contributed by atoms with E-state index in [4.69, 9.17) is 4.74 Å². The zero-order valence-corrected chi connectivity index (χ0v) is 12.7. The maximum absolute atomic E-state index is 10.3. The number of ether oxygens (including phenoxy) is 1. The topological polar surface area (TPSA) is 55.2 Å². The Bertz CT molecular complexity index is 525. The summed E-state index contributed by atoms with van der Waals surface area (Å²) in [7, 11) is 1.66. The van der Waals surface area contributed by atoms with Gasteiger partial charge in [-0.2, -0.15) is 0 Å². The van der Waals surface area contributed by atoms with Crippen molar-refractivity contribution < 1.29 is 9.84 Å². The lowest BCUT2D eigenvalue weighted by Crippen LogP contribution is -2.01. The van der Waals surface area contributed by atoms with Crippen LogP contribution in [-0.2, 0) is 12.8 Å². The molecule has 1 atom stereocenters. The third-order valence-electron chi connectivity index (χ3n) is 3.24. The number of aliphatic hydroxyl groups is 1. The molecule has 0 spiro atoms. The molecule has 2 rings (SSSR count). The van der Waals surface area contributed by atoms with Gasteiger partial charge in [0.05, 0.1) is 23.8 Å². The van der Waals surface area contributed by atoms with E-state index in [9.17, 15) is 5.11 Å². The van der Waals surface area contributed by atoms with E-state index in [1.807, 2.05) is 24.3 Å². The Morgan fingerprint density at radius 2 is 2.00 bits per heavy atom. The maximum atomic E-state index is 10.3. The smallest absolute Gasteiger partial charge is 0.118 e. The summed E-state index contributed by atoms with van der Waals surface area (Å²) < 4.78 is 9.09. The second kappa shape index (κ2) is 7.36. The largest absolute Gasteiger partial charge is 0.497 e. The predicted octanol–water partition coefficient (Wildman–Crippen LogP) is 3.17. The Morgan fingerprint density at radius 1 is 1.25 bits per heavy atom. The van der Waals surface area contributed by atoms with Gasteiger partial charge in [0.2, 0.25) is 0 Å². The molecule has 1 heterocycles. The third kappa shape index (κ3) is 3.77. The van der Waals surface area contributed by atoms with Crippen LogP contribution in [0.5, 0.6) is 5.75 Å². The van der Waals surface area contributed by atoms with Crippen molar-refractivity contribution in [1.82, 2.24) is 9.59 Å². The van der Waals surface area contributed by atoms with Crippen molar-refractivity contribution in [2.45, 2.75) is 38.7 Å². The molecule has 20 heavy (non-hydrogen) atoms. The molecule has 1 N–H and O–H groups in total. The van der Waals surface area contributed by atoms with Gasteiger partial charge in [-0.15, -0.1) is 5.10 Å². The molecule has 4 nitrogen and oxygen atoms in total. The number of nitrogens with zero attached hydrogens (tertiary/aromatic N) is 2.